The highest BCUT2D eigenvalue weighted by molar-refractivity contribution is 4.79. The van der Waals surface area contributed by atoms with Crippen LogP contribution >= 0.6 is 0 Å². The van der Waals surface area contributed by atoms with Crippen molar-refractivity contribution in [3.63, 3.8) is 0 Å². The lowest BCUT2D eigenvalue weighted by Crippen LogP contribution is -2.54. The van der Waals surface area contributed by atoms with Crippen molar-refractivity contribution in [2.75, 3.05) is 6.61 Å². The van der Waals surface area contributed by atoms with Gasteiger partial charge in [-0.1, -0.05) is 13.8 Å². The predicted octanol–water partition coefficient (Wildman–Crippen LogP) is -1.02. The first kappa shape index (κ1) is 14.4. The molecule has 0 saturated carbocycles. The summed E-state index contributed by atoms with van der Waals surface area (Å²) in [5.41, 5.74) is -1.86. The summed E-state index contributed by atoms with van der Waals surface area (Å²) in [6, 6.07) is 0. The Morgan fingerprint density at radius 2 is 1.11 bits per heavy atom. The monoisotopic (exact) mass is 257 g/mol. The van der Waals surface area contributed by atoms with E-state index in [2.05, 4.69) is 0 Å². The van der Waals surface area contributed by atoms with Crippen LogP contribution in [0.15, 0.2) is 14.4 Å². The van der Waals surface area contributed by atoms with Crippen molar-refractivity contribution in [1.82, 2.24) is 13.7 Å². The number of rotatable bonds is 6. The van der Waals surface area contributed by atoms with E-state index in [1.807, 2.05) is 13.8 Å². The van der Waals surface area contributed by atoms with Crippen molar-refractivity contribution < 1.29 is 5.11 Å². The quantitative estimate of drug-likeness (QED) is 0.707. The molecule has 18 heavy (non-hydrogen) atoms. The van der Waals surface area contributed by atoms with E-state index in [4.69, 9.17) is 5.11 Å². The molecule has 0 amide bonds. The normalized spacial score (nSPS) is 10.8. The van der Waals surface area contributed by atoms with Gasteiger partial charge in [0, 0.05) is 13.1 Å². The Morgan fingerprint density at radius 1 is 0.778 bits per heavy atom. The van der Waals surface area contributed by atoms with Gasteiger partial charge in [0.05, 0.1) is 13.2 Å². The highest BCUT2D eigenvalue weighted by Crippen LogP contribution is 1.83. The summed E-state index contributed by atoms with van der Waals surface area (Å²) >= 11 is 0. The van der Waals surface area contributed by atoms with Crippen LogP contribution in [-0.4, -0.2) is 25.4 Å². The van der Waals surface area contributed by atoms with Crippen molar-refractivity contribution in [1.29, 1.82) is 0 Å². The van der Waals surface area contributed by atoms with Gasteiger partial charge >= 0.3 is 17.1 Å². The Bertz CT molecular complexity index is 456. The Labute approximate surface area is 104 Å². The second-order valence-electron chi connectivity index (χ2n) is 4.03. The van der Waals surface area contributed by atoms with Crippen LogP contribution in [0, 0.1) is 0 Å². The average molecular weight is 257 g/mol. The van der Waals surface area contributed by atoms with Crippen molar-refractivity contribution in [2.24, 2.45) is 0 Å². The number of hydrogen-bond donors (Lipinski definition) is 1. The number of aliphatic hydroxyl groups is 1. The van der Waals surface area contributed by atoms with E-state index < -0.39 is 17.1 Å². The first-order valence-corrected chi connectivity index (χ1v) is 6.13. The van der Waals surface area contributed by atoms with Gasteiger partial charge in [0.15, 0.2) is 0 Å². The number of nitrogens with zero attached hydrogens (tertiary/aromatic N) is 3. The molecule has 0 aliphatic rings. The van der Waals surface area contributed by atoms with Gasteiger partial charge in [-0.05, 0) is 12.8 Å². The molecule has 1 aromatic rings. The highest BCUT2D eigenvalue weighted by Gasteiger charge is 2.13. The number of aromatic nitrogens is 3. The van der Waals surface area contributed by atoms with Crippen LogP contribution < -0.4 is 17.1 Å². The van der Waals surface area contributed by atoms with E-state index in [0.29, 0.717) is 12.8 Å². The standard InChI is InChI=1S/C11H19N3O4/c1-3-5-12-9(16)13(6-4-2)11(18)14(7-8-15)10(12)17/h15H,3-8H2,1-2H3. The maximum atomic E-state index is 12.0. The van der Waals surface area contributed by atoms with E-state index in [-0.39, 0.29) is 26.2 Å². The summed E-state index contributed by atoms with van der Waals surface area (Å²) in [5, 5.41) is 8.88. The molecule has 0 spiro atoms. The van der Waals surface area contributed by atoms with Gasteiger partial charge in [-0.3, -0.25) is 0 Å². The minimum Gasteiger partial charge on any atom is -0.395 e. The molecule has 0 unspecified atom stereocenters. The van der Waals surface area contributed by atoms with Crippen LogP contribution in [0.4, 0.5) is 0 Å². The van der Waals surface area contributed by atoms with Crippen molar-refractivity contribution >= 4 is 0 Å². The van der Waals surface area contributed by atoms with Crippen molar-refractivity contribution in [3.05, 3.63) is 31.5 Å². The molecule has 1 N–H and O–H groups in total. The first-order valence-electron chi connectivity index (χ1n) is 6.13. The van der Waals surface area contributed by atoms with Gasteiger partial charge in [0.25, 0.3) is 0 Å². The second kappa shape index (κ2) is 6.34. The van der Waals surface area contributed by atoms with Crippen LogP contribution in [0.2, 0.25) is 0 Å². The zero-order chi connectivity index (χ0) is 13.7. The zero-order valence-electron chi connectivity index (χ0n) is 10.8. The Balaban J connectivity index is 3.59. The van der Waals surface area contributed by atoms with Crippen molar-refractivity contribution in [3.8, 4) is 0 Å². The molecule has 1 aromatic heterocycles. The summed E-state index contributed by atoms with van der Waals surface area (Å²) in [4.78, 5) is 35.9. The molecule has 1 rings (SSSR count). The molecule has 0 aliphatic heterocycles. The Kier molecular flexibility index (Phi) is 5.08. The number of aliphatic hydroxyl groups excluding tert-OH is 1. The minimum atomic E-state index is -0.645. The molecular weight excluding hydrogens is 238 g/mol. The third-order valence-corrected chi connectivity index (χ3v) is 2.60. The fraction of sp³-hybridized carbons (Fsp3) is 0.727. The molecule has 0 aromatic carbocycles. The summed E-state index contributed by atoms with van der Waals surface area (Å²) in [6.07, 6.45) is 1.25. The zero-order valence-corrected chi connectivity index (χ0v) is 10.8. The molecule has 0 bridgehead atoms. The van der Waals surface area contributed by atoms with Crippen LogP contribution in [0.3, 0.4) is 0 Å². The molecule has 0 fully saturated rings. The molecule has 0 aliphatic carbocycles. The lowest BCUT2D eigenvalue weighted by molar-refractivity contribution is 0.264. The average Bonchev–Trinajstić information content (AvgIpc) is 2.35. The summed E-state index contributed by atoms with van der Waals surface area (Å²) in [7, 11) is 0. The fourth-order valence-electron chi connectivity index (χ4n) is 1.80. The maximum Gasteiger partial charge on any atom is 0.336 e. The van der Waals surface area contributed by atoms with Crippen LogP contribution in [0.5, 0.6) is 0 Å². The maximum absolute atomic E-state index is 12.0. The van der Waals surface area contributed by atoms with E-state index in [9.17, 15) is 14.4 Å². The molecule has 0 saturated heterocycles. The molecular formula is C11H19N3O4. The minimum absolute atomic E-state index is 0.0919. The van der Waals surface area contributed by atoms with Crippen molar-refractivity contribution in [2.45, 2.75) is 46.3 Å². The lowest BCUT2D eigenvalue weighted by Gasteiger charge is -2.12. The topological polar surface area (TPSA) is 86.2 Å². The second-order valence-corrected chi connectivity index (χ2v) is 4.03. The molecule has 7 heteroatoms. The van der Waals surface area contributed by atoms with Gasteiger partial charge in [0.1, 0.15) is 0 Å². The van der Waals surface area contributed by atoms with E-state index in [1.54, 1.807) is 0 Å². The SMILES string of the molecule is CCCn1c(=O)n(CCC)c(=O)n(CCO)c1=O. The highest BCUT2D eigenvalue weighted by atomic mass is 16.3. The molecule has 1 heterocycles. The van der Waals surface area contributed by atoms with Gasteiger partial charge in [-0.25, -0.2) is 28.1 Å². The Morgan fingerprint density at radius 3 is 1.39 bits per heavy atom. The summed E-state index contributed by atoms with van der Waals surface area (Å²) in [6.45, 7) is 3.83. The molecule has 0 radical (unpaired) electrons. The van der Waals surface area contributed by atoms with Crippen LogP contribution in [0.25, 0.3) is 0 Å². The van der Waals surface area contributed by atoms with E-state index in [0.717, 1.165) is 13.7 Å². The van der Waals surface area contributed by atoms with E-state index in [1.165, 1.54) is 0 Å². The van der Waals surface area contributed by atoms with Gasteiger partial charge in [-0.2, -0.15) is 0 Å². The van der Waals surface area contributed by atoms with Gasteiger partial charge in [-0.15, -0.1) is 0 Å². The molecule has 102 valence electrons. The summed E-state index contributed by atoms with van der Waals surface area (Å²) in [5.74, 6) is 0. The fourth-order valence-corrected chi connectivity index (χ4v) is 1.80. The number of hydrogen-bond acceptors (Lipinski definition) is 4. The van der Waals surface area contributed by atoms with Gasteiger partial charge < -0.3 is 5.11 Å². The van der Waals surface area contributed by atoms with Crippen LogP contribution in [0.1, 0.15) is 26.7 Å². The largest absolute Gasteiger partial charge is 0.395 e. The van der Waals surface area contributed by atoms with Gasteiger partial charge in [0.2, 0.25) is 0 Å². The van der Waals surface area contributed by atoms with Crippen LogP contribution in [-0.2, 0) is 19.6 Å². The Hall–Kier alpha value is -1.63. The predicted molar refractivity (Wildman–Crippen MR) is 66.9 cm³/mol. The summed E-state index contributed by atoms with van der Waals surface area (Å²) < 4.78 is 3.01. The molecule has 7 nitrogen and oxygen atoms in total. The third-order valence-electron chi connectivity index (χ3n) is 2.60. The molecule has 0 atom stereocenters. The first-order chi connectivity index (χ1) is 8.58. The smallest absolute Gasteiger partial charge is 0.336 e. The third kappa shape index (κ3) is 2.61. The van der Waals surface area contributed by atoms with E-state index >= 15 is 0 Å². The lowest BCUT2D eigenvalue weighted by atomic mass is 10.4.